The number of benzene rings is 1. The quantitative estimate of drug-likeness (QED) is 0.888. The summed E-state index contributed by atoms with van der Waals surface area (Å²) in [6.45, 7) is 1.68. The second kappa shape index (κ2) is 4.81. The molecule has 0 spiro atoms. The summed E-state index contributed by atoms with van der Waals surface area (Å²) >= 11 is 0. The van der Waals surface area contributed by atoms with Crippen molar-refractivity contribution in [3.05, 3.63) is 53.6 Å². The molecule has 1 aromatic rings. The van der Waals surface area contributed by atoms with Crippen molar-refractivity contribution in [1.29, 1.82) is 0 Å². The Balaban J connectivity index is 2.52. The number of aliphatic carboxylic acids is 1. The van der Waals surface area contributed by atoms with Crippen molar-refractivity contribution in [3.8, 4) is 0 Å². The first-order valence-electron chi connectivity index (χ1n) is 6.02. The van der Waals surface area contributed by atoms with Crippen molar-refractivity contribution in [2.75, 3.05) is 0 Å². The molecule has 0 radical (unpaired) electrons. The van der Waals surface area contributed by atoms with Crippen LogP contribution in [0, 0.1) is 5.41 Å². The molecule has 0 amide bonds. The summed E-state index contributed by atoms with van der Waals surface area (Å²) in [4.78, 5) is 11.2. The van der Waals surface area contributed by atoms with Gasteiger partial charge in [0.05, 0.1) is 0 Å². The summed E-state index contributed by atoms with van der Waals surface area (Å²) in [5.74, 6) is -1.87. The van der Waals surface area contributed by atoms with Crippen LogP contribution in [0.3, 0.4) is 0 Å². The number of alkyl halides is 3. The molecule has 0 aliphatic heterocycles. The lowest BCUT2D eigenvalue weighted by atomic mass is 9.74. The lowest BCUT2D eigenvalue weighted by Gasteiger charge is -2.33. The summed E-state index contributed by atoms with van der Waals surface area (Å²) in [7, 11) is 0. The second-order valence-electron chi connectivity index (χ2n) is 4.81. The van der Waals surface area contributed by atoms with E-state index >= 15 is 0 Å². The molecule has 1 atom stereocenters. The lowest BCUT2D eigenvalue weighted by molar-refractivity contribution is -0.216. The molecule has 0 saturated heterocycles. The van der Waals surface area contributed by atoms with Gasteiger partial charge in [-0.1, -0.05) is 42.5 Å². The van der Waals surface area contributed by atoms with Crippen LogP contribution < -0.4 is 0 Å². The number of rotatable bonds is 2. The Morgan fingerprint density at radius 1 is 1.25 bits per heavy atom. The molecule has 1 aliphatic carbocycles. The second-order valence-corrected chi connectivity index (χ2v) is 4.81. The molecule has 2 nitrogen and oxygen atoms in total. The molecule has 1 aliphatic rings. The van der Waals surface area contributed by atoms with Gasteiger partial charge in [-0.05, 0) is 23.6 Å². The molecule has 1 unspecified atom stereocenters. The summed E-state index contributed by atoms with van der Waals surface area (Å²) in [6, 6.07) is 8.54. The largest absolute Gasteiger partial charge is 0.480 e. The smallest absolute Gasteiger partial charge is 0.408 e. The fraction of sp³-hybridized carbons (Fsp3) is 0.267. The van der Waals surface area contributed by atoms with Crippen LogP contribution in [0.1, 0.15) is 18.9 Å². The first-order valence-corrected chi connectivity index (χ1v) is 6.02. The zero-order valence-electron chi connectivity index (χ0n) is 10.7. The highest BCUT2D eigenvalue weighted by atomic mass is 19.4. The summed E-state index contributed by atoms with van der Waals surface area (Å²) in [5, 5.41) is 9.08. The first kappa shape index (κ1) is 14.4. The predicted octanol–water partition coefficient (Wildman–Crippen LogP) is 4.05. The molecule has 0 fully saturated rings. The fourth-order valence-electron chi connectivity index (χ4n) is 2.28. The summed E-state index contributed by atoms with van der Waals surface area (Å²) in [6.07, 6.45) is -3.43. The lowest BCUT2D eigenvalue weighted by Crippen LogP contribution is -2.44. The average Bonchev–Trinajstić information content (AvgIpc) is 2.38. The van der Waals surface area contributed by atoms with E-state index < -0.39 is 24.0 Å². The Labute approximate surface area is 114 Å². The van der Waals surface area contributed by atoms with Crippen LogP contribution in [-0.4, -0.2) is 17.3 Å². The van der Waals surface area contributed by atoms with Crippen molar-refractivity contribution in [1.82, 2.24) is 0 Å². The maximum absolute atomic E-state index is 13.2. The van der Waals surface area contributed by atoms with Crippen molar-refractivity contribution < 1.29 is 23.1 Å². The fourth-order valence-corrected chi connectivity index (χ4v) is 2.28. The van der Waals surface area contributed by atoms with Gasteiger partial charge < -0.3 is 5.11 Å². The van der Waals surface area contributed by atoms with Gasteiger partial charge in [-0.2, -0.15) is 13.2 Å². The van der Waals surface area contributed by atoms with Gasteiger partial charge >= 0.3 is 12.1 Å². The molecule has 20 heavy (non-hydrogen) atoms. The minimum atomic E-state index is -4.84. The van der Waals surface area contributed by atoms with E-state index in [0.717, 1.165) is 6.08 Å². The number of carboxylic acids is 1. The van der Waals surface area contributed by atoms with Crippen molar-refractivity contribution in [2.24, 2.45) is 5.41 Å². The van der Waals surface area contributed by atoms with E-state index in [9.17, 15) is 18.0 Å². The van der Waals surface area contributed by atoms with Crippen molar-refractivity contribution in [2.45, 2.75) is 19.5 Å². The van der Waals surface area contributed by atoms with Crippen molar-refractivity contribution >= 4 is 11.5 Å². The van der Waals surface area contributed by atoms with E-state index in [4.69, 9.17) is 5.11 Å². The number of halogens is 3. The van der Waals surface area contributed by atoms with Crippen LogP contribution in [0.25, 0.3) is 5.57 Å². The number of carboxylic acid groups (broad SMARTS) is 1. The number of hydrogen-bond donors (Lipinski definition) is 1. The molecule has 0 aromatic heterocycles. The van der Waals surface area contributed by atoms with Gasteiger partial charge in [0.25, 0.3) is 0 Å². The Bertz CT molecular complexity index is 585. The highest BCUT2D eigenvalue weighted by molar-refractivity contribution is 5.85. The third-order valence-electron chi connectivity index (χ3n) is 3.56. The Morgan fingerprint density at radius 2 is 1.85 bits per heavy atom. The van der Waals surface area contributed by atoms with Gasteiger partial charge in [-0.3, -0.25) is 4.79 Å². The topological polar surface area (TPSA) is 37.3 Å². The molecule has 0 saturated carbocycles. The number of allylic oxidation sites excluding steroid dienone is 3. The third-order valence-corrected chi connectivity index (χ3v) is 3.56. The van der Waals surface area contributed by atoms with Gasteiger partial charge in [0.15, 0.2) is 5.41 Å². The summed E-state index contributed by atoms with van der Waals surface area (Å²) in [5.41, 5.74) is -1.17. The van der Waals surface area contributed by atoms with Gasteiger partial charge in [0.1, 0.15) is 0 Å². The molecule has 1 aromatic carbocycles. The highest BCUT2D eigenvalue weighted by Crippen LogP contribution is 2.49. The van der Waals surface area contributed by atoms with E-state index in [1.54, 1.807) is 37.3 Å². The van der Waals surface area contributed by atoms with Gasteiger partial charge in [-0.25, -0.2) is 0 Å². The van der Waals surface area contributed by atoms with E-state index in [1.807, 2.05) is 0 Å². The van der Waals surface area contributed by atoms with Gasteiger partial charge in [-0.15, -0.1) is 0 Å². The minimum absolute atomic E-state index is 0.410. The zero-order chi connectivity index (χ0) is 15.0. The highest BCUT2D eigenvalue weighted by Gasteiger charge is 2.60. The minimum Gasteiger partial charge on any atom is -0.480 e. The van der Waals surface area contributed by atoms with E-state index in [2.05, 4.69) is 0 Å². The molecule has 5 heteroatoms. The predicted molar refractivity (Wildman–Crippen MR) is 68.9 cm³/mol. The SMILES string of the molecule is CC1=C(c2ccccc2)CC(C(=O)O)(C(F)(F)F)C=C1. The Morgan fingerprint density at radius 3 is 2.35 bits per heavy atom. The number of hydrogen-bond acceptors (Lipinski definition) is 1. The molecule has 0 bridgehead atoms. The van der Waals surface area contributed by atoms with Crippen LogP contribution in [0.2, 0.25) is 0 Å². The third kappa shape index (κ3) is 2.24. The first-order chi connectivity index (χ1) is 9.28. The standard InChI is InChI=1S/C15H13F3O2/c1-10-7-8-14(13(19)20,15(16,17)18)9-12(10)11-5-3-2-4-6-11/h2-8H,9H2,1H3,(H,19,20). The monoisotopic (exact) mass is 282 g/mol. The van der Waals surface area contributed by atoms with E-state index in [0.29, 0.717) is 16.7 Å². The molecular weight excluding hydrogens is 269 g/mol. The average molecular weight is 282 g/mol. The summed E-state index contributed by atoms with van der Waals surface area (Å²) < 4.78 is 39.6. The van der Waals surface area contributed by atoms with Crippen molar-refractivity contribution in [3.63, 3.8) is 0 Å². The molecular formula is C15H13F3O2. The van der Waals surface area contributed by atoms with Crippen LogP contribution in [0.4, 0.5) is 13.2 Å². The van der Waals surface area contributed by atoms with Gasteiger partial charge in [0.2, 0.25) is 0 Å². The maximum Gasteiger partial charge on any atom is 0.408 e. The molecule has 2 rings (SSSR count). The zero-order valence-corrected chi connectivity index (χ0v) is 10.7. The Hall–Kier alpha value is -2.04. The van der Waals surface area contributed by atoms with E-state index in [1.165, 1.54) is 6.08 Å². The van der Waals surface area contributed by atoms with Crippen LogP contribution in [-0.2, 0) is 4.79 Å². The van der Waals surface area contributed by atoms with E-state index in [-0.39, 0.29) is 0 Å². The molecule has 1 N–H and O–H groups in total. The van der Waals surface area contributed by atoms with Crippen LogP contribution >= 0.6 is 0 Å². The molecule has 0 heterocycles. The van der Waals surface area contributed by atoms with Crippen LogP contribution in [0.5, 0.6) is 0 Å². The van der Waals surface area contributed by atoms with Crippen LogP contribution in [0.15, 0.2) is 48.1 Å². The maximum atomic E-state index is 13.2. The number of carbonyl (C=O) groups is 1. The Kier molecular flexibility index (Phi) is 3.46. The van der Waals surface area contributed by atoms with Gasteiger partial charge in [0, 0.05) is 6.42 Å². The molecule has 106 valence electrons. The normalized spacial score (nSPS) is 23.0.